The molecule has 0 spiro atoms. The van der Waals surface area contributed by atoms with Gasteiger partial charge >= 0.3 is 0 Å². The van der Waals surface area contributed by atoms with Crippen molar-refractivity contribution in [3.8, 4) is 5.75 Å². The van der Waals surface area contributed by atoms with Gasteiger partial charge in [-0.05, 0) is 64.5 Å². The van der Waals surface area contributed by atoms with Crippen LogP contribution in [0.2, 0.25) is 0 Å². The van der Waals surface area contributed by atoms with Crippen LogP contribution < -0.4 is 21.1 Å². The summed E-state index contributed by atoms with van der Waals surface area (Å²) in [6.45, 7) is 0.186. The van der Waals surface area contributed by atoms with Crippen LogP contribution in [0.3, 0.4) is 0 Å². The first-order valence-electron chi connectivity index (χ1n) is 9.41. The van der Waals surface area contributed by atoms with E-state index < -0.39 is 5.91 Å². The number of halogens is 1. The first-order valence-corrected chi connectivity index (χ1v) is 10.2. The summed E-state index contributed by atoms with van der Waals surface area (Å²) in [5.41, 5.74) is 6.82. The molecule has 3 aromatic carbocycles. The molecule has 158 valence electrons. The number of rotatable bonds is 8. The largest absolute Gasteiger partial charge is 0.493 e. The third-order valence-corrected chi connectivity index (χ3v) is 4.96. The highest BCUT2D eigenvalue weighted by molar-refractivity contribution is 9.10. The Morgan fingerprint density at radius 3 is 2.10 bits per heavy atom. The quantitative estimate of drug-likeness (QED) is 0.447. The molecule has 3 rings (SSSR count). The molecule has 0 heterocycles. The lowest BCUT2D eigenvalue weighted by atomic mass is 10.1. The van der Waals surface area contributed by atoms with Crippen LogP contribution in [0.25, 0.3) is 0 Å². The van der Waals surface area contributed by atoms with Crippen LogP contribution in [0, 0.1) is 0 Å². The van der Waals surface area contributed by atoms with Gasteiger partial charge in [0.05, 0.1) is 29.8 Å². The molecule has 0 aliphatic heterocycles. The average molecular weight is 482 g/mol. The highest BCUT2D eigenvalue weighted by atomic mass is 79.9. The van der Waals surface area contributed by atoms with Crippen molar-refractivity contribution >= 4 is 45.0 Å². The monoisotopic (exact) mass is 481 g/mol. The van der Waals surface area contributed by atoms with Crippen molar-refractivity contribution in [2.45, 2.75) is 6.42 Å². The zero-order valence-corrected chi connectivity index (χ0v) is 18.0. The molecule has 8 heteroatoms. The Hall–Kier alpha value is -3.65. The molecule has 0 aliphatic rings. The Labute approximate surface area is 187 Å². The molecule has 0 aliphatic carbocycles. The first kappa shape index (κ1) is 22.0. The van der Waals surface area contributed by atoms with Crippen LogP contribution in [-0.2, 0) is 4.79 Å². The molecule has 0 radical (unpaired) electrons. The van der Waals surface area contributed by atoms with E-state index in [1.165, 1.54) is 0 Å². The Balaban J connectivity index is 1.68. The van der Waals surface area contributed by atoms with Crippen molar-refractivity contribution < 1.29 is 19.1 Å². The number of carbonyl (C=O) groups is 3. The summed E-state index contributed by atoms with van der Waals surface area (Å²) >= 11 is 3.36. The number of primary amides is 1. The van der Waals surface area contributed by atoms with E-state index in [2.05, 4.69) is 26.6 Å². The number of ether oxygens (including phenoxy) is 1. The van der Waals surface area contributed by atoms with Gasteiger partial charge in [-0.2, -0.15) is 0 Å². The lowest BCUT2D eigenvalue weighted by molar-refractivity contribution is -0.118. The minimum atomic E-state index is -0.436. The molecular weight excluding hydrogens is 462 g/mol. The van der Waals surface area contributed by atoms with Crippen molar-refractivity contribution in [1.82, 2.24) is 0 Å². The van der Waals surface area contributed by atoms with E-state index in [9.17, 15) is 14.4 Å². The lowest BCUT2D eigenvalue weighted by Gasteiger charge is -2.12. The minimum Gasteiger partial charge on any atom is -0.493 e. The number of amides is 3. The second kappa shape index (κ2) is 10.4. The normalized spacial score (nSPS) is 10.2. The van der Waals surface area contributed by atoms with E-state index in [4.69, 9.17) is 10.5 Å². The van der Waals surface area contributed by atoms with Crippen LogP contribution in [-0.4, -0.2) is 24.3 Å². The Morgan fingerprint density at radius 2 is 1.42 bits per heavy atom. The smallest absolute Gasteiger partial charge is 0.257 e. The topological polar surface area (TPSA) is 111 Å². The lowest BCUT2D eigenvalue weighted by Crippen LogP contribution is -2.18. The highest BCUT2D eigenvalue weighted by Gasteiger charge is 2.15. The fourth-order valence-corrected chi connectivity index (χ4v) is 3.19. The van der Waals surface area contributed by atoms with E-state index in [0.29, 0.717) is 32.7 Å². The number of para-hydroxylation sites is 1. The Kier molecular flexibility index (Phi) is 7.40. The fourth-order valence-electron chi connectivity index (χ4n) is 2.73. The molecule has 7 nitrogen and oxygen atoms in total. The average Bonchev–Trinajstić information content (AvgIpc) is 2.75. The van der Waals surface area contributed by atoms with Gasteiger partial charge in [0.1, 0.15) is 5.75 Å². The van der Waals surface area contributed by atoms with E-state index in [1.807, 2.05) is 6.07 Å². The van der Waals surface area contributed by atoms with Crippen LogP contribution in [0.15, 0.2) is 77.3 Å². The summed E-state index contributed by atoms with van der Waals surface area (Å²) in [7, 11) is 0. The number of benzene rings is 3. The number of anilines is 2. The van der Waals surface area contributed by atoms with Crippen molar-refractivity contribution in [3.63, 3.8) is 0 Å². The second-order valence-electron chi connectivity index (χ2n) is 6.52. The Bertz CT molecular complexity index is 1100. The predicted molar refractivity (Wildman–Crippen MR) is 122 cm³/mol. The third kappa shape index (κ3) is 6.16. The number of carbonyl (C=O) groups excluding carboxylic acids is 3. The zero-order chi connectivity index (χ0) is 22.2. The molecule has 0 saturated carbocycles. The third-order valence-electron chi connectivity index (χ3n) is 4.27. The molecule has 0 aromatic heterocycles. The molecule has 3 amide bonds. The van der Waals surface area contributed by atoms with Crippen LogP contribution in [0.5, 0.6) is 5.75 Å². The van der Waals surface area contributed by atoms with Crippen LogP contribution >= 0.6 is 15.9 Å². The zero-order valence-electron chi connectivity index (χ0n) is 16.4. The van der Waals surface area contributed by atoms with Gasteiger partial charge in [-0.15, -0.1) is 0 Å². The maximum atomic E-state index is 12.8. The summed E-state index contributed by atoms with van der Waals surface area (Å²) in [4.78, 5) is 36.2. The Morgan fingerprint density at radius 1 is 0.806 bits per heavy atom. The van der Waals surface area contributed by atoms with E-state index >= 15 is 0 Å². The van der Waals surface area contributed by atoms with Gasteiger partial charge in [0.2, 0.25) is 5.91 Å². The molecule has 0 bridgehead atoms. The van der Waals surface area contributed by atoms with Crippen molar-refractivity contribution in [2.75, 3.05) is 17.2 Å². The molecule has 3 aromatic rings. The number of nitrogens with two attached hydrogens (primary N) is 1. The van der Waals surface area contributed by atoms with Gasteiger partial charge in [-0.25, -0.2) is 0 Å². The summed E-state index contributed by atoms with van der Waals surface area (Å²) < 4.78 is 6.07. The van der Waals surface area contributed by atoms with Gasteiger partial charge in [0, 0.05) is 10.2 Å². The van der Waals surface area contributed by atoms with Gasteiger partial charge in [0.15, 0.2) is 0 Å². The summed E-state index contributed by atoms with van der Waals surface area (Å²) in [5, 5.41) is 5.58. The van der Waals surface area contributed by atoms with Crippen LogP contribution in [0.1, 0.15) is 27.1 Å². The molecule has 0 unspecified atom stereocenters. The van der Waals surface area contributed by atoms with Crippen LogP contribution in [0.4, 0.5) is 11.4 Å². The fraction of sp³-hybridized carbons (Fsp3) is 0.0870. The second-order valence-corrected chi connectivity index (χ2v) is 7.38. The molecule has 0 saturated heterocycles. The van der Waals surface area contributed by atoms with Gasteiger partial charge in [-0.3, -0.25) is 14.4 Å². The minimum absolute atomic E-state index is 0.126. The number of nitrogens with one attached hydrogen (secondary N) is 2. The molecular formula is C23H20BrN3O4. The van der Waals surface area contributed by atoms with Gasteiger partial charge < -0.3 is 21.1 Å². The first-order chi connectivity index (χ1) is 14.9. The van der Waals surface area contributed by atoms with Crippen molar-refractivity contribution in [1.29, 1.82) is 0 Å². The number of hydrogen-bond donors (Lipinski definition) is 3. The predicted octanol–water partition coefficient (Wildman–Crippen LogP) is 4.21. The number of hydrogen-bond acceptors (Lipinski definition) is 4. The van der Waals surface area contributed by atoms with E-state index in [1.54, 1.807) is 66.7 Å². The van der Waals surface area contributed by atoms with Crippen molar-refractivity contribution in [2.24, 2.45) is 5.73 Å². The van der Waals surface area contributed by atoms with E-state index in [-0.39, 0.29) is 24.8 Å². The SMILES string of the molecule is NC(=O)CCOc1ccc(NC(=O)c2ccccc2NC(=O)c2ccccc2Br)cc1. The summed E-state index contributed by atoms with van der Waals surface area (Å²) in [5.74, 6) is -0.578. The van der Waals surface area contributed by atoms with Crippen molar-refractivity contribution in [3.05, 3.63) is 88.4 Å². The maximum absolute atomic E-state index is 12.8. The molecule has 4 N–H and O–H groups in total. The standard InChI is InChI=1S/C23H20BrN3O4/c24-19-7-3-1-5-17(19)22(29)27-20-8-4-2-6-18(20)23(30)26-15-9-11-16(12-10-15)31-14-13-21(25)28/h1-12H,13-14H2,(H2,25,28)(H,26,30)(H,27,29). The molecule has 0 atom stereocenters. The summed E-state index contributed by atoms with van der Waals surface area (Å²) in [6.07, 6.45) is 0.126. The van der Waals surface area contributed by atoms with E-state index in [0.717, 1.165) is 0 Å². The molecule has 0 fully saturated rings. The molecule has 31 heavy (non-hydrogen) atoms. The van der Waals surface area contributed by atoms with Gasteiger partial charge in [0.25, 0.3) is 11.8 Å². The highest BCUT2D eigenvalue weighted by Crippen LogP contribution is 2.22. The summed E-state index contributed by atoms with van der Waals surface area (Å²) in [6, 6.07) is 20.5. The van der Waals surface area contributed by atoms with Gasteiger partial charge in [-0.1, -0.05) is 24.3 Å². The maximum Gasteiger partial charge on any atom is 0.257 e.